The fraction of sp³-hybridized carbons (Fsp3) is 0.636. The fourth-order valence-corrected chi connectivity index (χ4v) is 2.10. The van der Waals surface area contributed by atoms with Gasteiger partial charge in [0.25, 0.3) is 0 Å². The molecule has 1 heterocycles. The van der Waals surface area contributed by atoms with E-state index in [1.165, 1.54) is 9.75 Å². The van der Waals surface area contributed by atoms with Gasteiger partial charge in [-0.1, -0.05) is 13.8 Å². The molecule has 0 aromatic carbocycles. The molecule has 0 radical (unpaired) electrons. The second kappa shape index (κ2) is 4.77. The molecule has 0 aliphatic carbocycles. The first-order valence-electron chi connectivity index (χ1n) is 4.89. The standard InChI is InChI=1S/C11H19NS/c1-8(2)7-12-10(4)11-6-5-9(3)13-11/h5-6,8,10,12H,7H2,1-4H3/t10-/m1/s1. The molecular formula is C11H19NS. The van der Waals surface area contributed by atoms with Crippen LogP contribution in [0, 0.1) is 12.8 Å². The number of thiophene rings is 1. The Morgan fingerprint density at radius 1 is 1.31 bits per heavy atom. The minimum atomic E-state index is 0.501. The third kappa shape index (κ3) is 3.49. The van der Waals surface area contributed by atoms with Gasteiger partial charge in [0.2, 0.25) is 0 Å². The number of aryl methyl sites for hydroxylation is 1. The summed E-state index contributed by atoms with van der Waals surface area (Å²) in [4.78, 5) is 2.84. The van der Waals surface area contributed by atoms with Crippen molar-refractivity contribution in [2.45, 2.75) is 33.7 Å². The van der Waals surface area contributed by atoms with Crippen LogP contribution in [0.2, 0.25) is 0 Å². The first kappa shape index (κ1) is 10.7. The molecule has 74 valence electrons. The predicted octanol–water partition coefficient (Wildman–Crippen LogP) is 3.36. The molecule has 0 aliphatic rings. The molecule has 1 aromatic heterocycles. The summed E-state index contributed by atoms with van der Waals surface area (Å²) in [5.74, 6) is 0.725. The molecule has 0 bridgehead atoms. The van der Waals surface area contributed by atoms with Gasteiger partial charge in [-0.3, -0.25) is 0 Å². The highest BCUT2D eigenvalue weighted by Crippen LogP contribution is 2.22. The quantitative estimate of drug-likeness (QED) is 0.780. The highest BCUT2D eigenvalue weighted by atomic mass is 32.1. The summed E-state index contributed by atoms with van der Waals surface area (Å²) in [6.07, 6.45) is 0. The molecule has 0 spiro atoms. The molecule has 1 nitrogen and oxygen atoms in total. The van der Waals surface area contributed by atoms with Gasteiger partial charge in [-0.05, 0) is 38.4 Å². The summed E-state index contributed by atoms with van der Waals surface area (Å²) in [7, 11) is 0. The fourth-order valence-electron chi connectivity index (χ4n) is 1.20. The lowest BCUT2D eigenvalue weighted by Gasteiger charge is -2.13. The van der Waals surface area contributed by atoms with Crippen LogP contribution in [0.4, 0.5) is 0 Å². The Bertz CT molecular complexity index is 252. The average molecular weight is 197 g/mol. The van der Waals surface area contributed by atoms with E-state index in [0.717, 1.165) is 12.5 Å². The molecular weight excluding hydrogens is 178 g/mol. The van der Waals surface area contributed by atoms with E-state index < -0.39 is 0 Å². The molecule has 0 saturated carbocycles. The Balaban J connectivity index is 2.44. The van der Waals surface area contributed by atoms with Crippen LogP contribution in [0.15, 0.2) is 12.1 Å². The van der Waals surface area contributed by atoms with Gasteiger partial charge in [-0.15, -0.1) is 11.3 Å². The largest absolute Gasteiger partial charge is 0.309 e. The molecule has 1 N–H and O–H groups in total. The van der Waals surface area contributed by atoms with Crippen molar-refractivity contribution in [3.8, 4) is 0 Å². The zero-order valence-electron chi connectivity index (χ0n) is 8.92. The van der Waals surface area contributed by atoms with Crippen LogP contribution in [0.1, 0.15) is 36.6 Å². The van der Waals surface area contributed by atoms with E-state index in [0.29, 0.717) is 6.04 Å². The molecule has 0 aliphatic heterocycles. The van der Waals surface area contributed by atoms with E-state index in [1.807, 2.05) is 11.3 Å². The normalized spacial score (nSPS) is 13.6. The van der Waals surface area contributed by atoms with Crippen molar-refractivity contribution >= 4 is 11.3 Å². The van der Waals surface area contributed by atoms with Crippen LogP contribution in [-0.4, -0.2) is 6.54 Å². The third-order valence-electron chi connectivity index (χ3n) is 2.02. The van der Waals surface area contributed by atoms with Gasteiger partial charge in [0.05, 0.1) is 0 Å². The summed E-state index contributed by atoms with van der Waals surface area (Å²) in [6, 6.07) is 4.91. The summed E-state index contributed by atoms with van der Waals surface area (Å²) < 4.78 is 0. The minimum Gasteiger partial charge on any atom is -0.309 e. The molecule has 2 heteroatoms. The maximum absolute atomic E-state index is 3.52. The number of hydrogen-bond donors (Lipinski definition) is 1. The minimum absolute atomic E-state index is 0.501. The highest BCUT2D eigenvalue weighted by Gasteiger charge is 2.06. The van der Waals surface area contributed by atoms with Crippen molar-refractivity contribution in [2.24, 2.45) is 5.92 Å². The van der Waals surface area contributed by atoms with Gasteiger partial charge in [-0.25, -0.2) is 0 Å². The van der Waals surface area contributed by atoms with E-state index in [-0.39, 0.29) is 0 Å². The average Bonchev–Trinajstić information content (AvgIpc) is 2.47. The summed E-state index contributed by atoms with van der Waals surface area (Å²) in [5.41, 5.74) is 0. The van der Waals surface area contributed by atoms with Gasteiger partial charge >= 0.3 is 0 Å². The van der Waals surface area contributed by atoms with Crippen LogP contribution in [0.5, 0.6) is 0 Å². The van der Waals surface area contributed by atoms with E-state index in [9.17, 15) is 0 Å². The lowest BCUT2D eigenvalue weighted by Crippen LogP contribution is -2.22. The van der Waals surface area contributed by atoms with Crippen LogP contribution >= 0.6 is 11.3 Å². The molecule has 0 unspecified atom stereocenters. The second-order valence-electron chi connectivity index (χ2n) is 3.97. The maximum atomic E-state index is 3.52. The zero-order chi connectivity index (χ0) is 9.84. The Morgan fingerprint density at radius 3 is 2.46 bits per heavy atom. The first-order valence-corrected chi connectivity index (χ1v) is 5.71. The molecule has 0 saturated heterocycles. The molecule has 0 fully saturated rings. The van der Waals surface area contributed by atoms with Crippen molar-refractivity contribution in [1.29, 1.82) is 0 Å². The lowest BCUT2D eigenvalue weighted by atomic mass is 10.2. The highest BCUT2D eigenvalue weighted by molar-refractivity contribution is 7.12. The number of hydrogen-bond acceptors (Lipinski definition) is 2. The molecule has 1 atom stereocenters. The van der Waals surface area contributed by atoms with E-state index in [4.69, 9.17) is 0 Å². The SMILES string of the molecule is Cc1ccc([C@@H](C)NCC(C)C)s1. The van der Waals surface area contributed by atoms with Gasteiger partial charge < -0.3 is 5.32 Å². The second-order valence-corrected chi connectivity index (χ2v) is 5.29. The summed E-state index contributed by atoms with van der Waals surface area (Å²) in [6.45, 7) is 9.95. The van der Waals surface area contributed by atoms with E-state index in [1.54, 1.807) is 0 Å². The Kier molecular flexibility index (Phi) is 3.94. The summed E-state index contributed by atoms with van der Waals surface area (Å²) >= 11 is 1.89. The van der Waals surface area contributed by atoms with Crippen molar-refractivity contribution in [2.75, 3.05) is 6.54 Å². The van der Waals surface area contributed by atoms with Crippen LogP contribution in [0.3, 0.4) is 0 Å². The Morgan fingerprint density at radius 2 is 2.00 bits per heavy atom. The van der Waals surface area contributed by atoms with E-state index >= 15 is 0 Å². The van der Waals surface area contributed by atoms with Crippen molar-refractivity contribution in [1.82, 2.24) is 5.32 Å². The van der Waals surface area contributed by atoms with Crippen molar-refractivity contribution in [3.63, 3.8) is 0 Å². The molecule has 13 heavy (non-hydrogen) atoms. The first-order chi connectivity index (χ1) is 6.09. The van der Waals surface area contributed by atoms with Crippen molar-refractivity contribution < 1.29 is 0 Å². The number of nitrogens with one attached hydrogen (secondary N) is 1. The van der Waals surface area contributed by atoms with Gasteiger partial charge in [-0.2, -0.15) is 0 Å². The monoisotopic (exact) mass is 197 g/mol. The predicted molar refractivity (Wildman–Crippen MR) is 60.3 cm³/mol. The molecule has 1 rings (SSSR count). The number of rotatable bonds is 4. The smallest absolute Gasteiger partial charge is 0.0386 e. The van der Waals surface area contributed by atoms with E-state index in [2.05, 4.69) is 45.1 Å². The van der Waals surface area contributed by atoms with Gasteiger partial charge in [0, 0.05) is 15.8 Å². The Labute approximate surface area is 85.2 Å². The van der Waals surface area contributed by atoms with Gasteiger partial charge in [0.15, 0.2) is 0 Å². The van der Waals surface area contributed by atoms with Crippen LogP contribution in [-0.2, 0) is 0 Å². The van der Waals surface area contributed by atoms with Crippen LogP contribution < -0.4 is 5.32 Å². The zero-order valence-corrected chi connectivity index (χ0v) is 9.74. The van der Waals surface area contributed by atoms with Gasteiger partial charge in [0.1, 0.15) is 0 Å². The van der Waals surface area contributed by atoms with Crippen molar-refractivity contribution in [3.05, 3.63) is 21.9 Å². The molecule has 1 aromatic rings. The topological polar surface area (TPSA) is 12.0 Å². The maximum Gasteiger partial charge on any atom is 0.0386 e. The third-order valence-corrected chi connectivity index (χ3v) is 3.20. The summed E-state index contributed by atoms with van der Waals surface area (Å²) in [5, 5.41) is 3.52. The van der Waals surface area contributed by atoms with Crippen LogP contribution in [0.25, 0.3) is 0 Å². The Hall–Kier alpha value is -0.340. The lowest BCUT2D eigenvalue weighted by molar-refractivity contribution is 0.500. The molecule has 0 amide bonds.